The third-order valence-corrected chi connectivity index (χ3v) is 2.98. The molecule has 0 fully saturated rings. The van der Waals surface area contributed by atoms with Crippen LogP contribution in [0.3, 0.4) is 0 Å². The summed E-state index contributed by atoms with van der Waals surface area (Å²) in [5.41, 5.74) is -0.0629. The number of hydrogen-bond donors (Lipinski definition) is 1. The Kier molecular flexibility index (Phi) is 6.37. The fourth-order valence-electron chi connectivity index (χ4n) is 1.23. The van der Waals surface area contributed by atoms with Gasteiger partial charge in [-0.2, -0.15) is 0 Å². The van der Waals surface area contributed by atoms with Crippen LogP contribution in [0.1, 0.15) is 13.3 Å². The van der Waals surface area contributed by atoms with Crippen LogP contribution >= 0.6 is 11.8 Å². The molecule has 0 unspecified atom stereocenters. The maximum atomic E-state index is 11.1. The maximum Gasteiger partial charge on any atom is 0.343 e. The highest BCUT2D eigenvalue weighted by molar-refractivity contribution is 7.99. The van der Waals surface area contributed by atoms with Crippen molar-refractivity contribution in [2.75, 3.05) is 31.3 Å². The van der Waals surface area contributed by atoms with Crippen molar-refractivity contribution in [2.45, 2.75) is 18.4 Å². The lowest BCUT2D eigenvalue weighted by atomic mass is 10.4. The second-order valence-electron chi connectivity index (χ2n) is 3.40. The van der Waals surface area contributed by atoms with Crippen molar-refractivity contribution in [1.29, 1.82) is 0 Å². The number of rotatable bonds is 8. The zero-order valence-electron chi connectivity index (χ0n) is 10.4. The van der Waals surface area contributed by atoms with Gasteiger partial charge < -0.3 is 10.1 Å². The van der Waals surface area contributed by atoms with E-state index in [1.165, 1.54) is 18.1 Å². The molecular weight excluding hydrogens is 256 g/mol. The number of methoxy groups -OCH3 is 1. The molecule has 0 aliphatic carbocycles. The number of anilines is 1. The minimum Gasteiger partial charge on any atom is -0.384 e. The largest absolute Gasteiger partial charge is 0.384 e. The predicted molar refractivity (Wildman–Crippen MR) is 70.1 cm³/mol. The van der Waals surface area contributed by atoms with Crippen molar-refractivity contribution in [1.82, 2.24) is 9.97 Å². The highest BCUT2D eigenvalue weighted by Crippen LogP contribution is 2.31. The lowest BCUT2D eigenvalue weighted by Gasteiger charge is -2.07. The van der Waals surface area contributed by atoms with E-state index < -0.39 is 4.92 Å². The monoisotopic (exact) mass is 272 g/mol. The van der Waals surface area contributed by atoms with E-state index in [1.54, 1.807) is 7.11 Å². The molecule has 1 aromatic rings. The van der Waals surface area contributed by atoms with Crippen molar-refractivity contribution >= 4 is 23.3 Å². The number of hydrogen-bond acceptors (Lipinski definition) is 7. The quantitative estimate of drug-likeness (QED) is 0.254. The summed E-state index contributed by atoms with van der Waals surface area (Å²) in [6.07, 6.45) is 2.20. The van der Waals surface area contributed by atoms with E-state index in [4.69, 9.17) is 4.74 Å². The Labute approximate surface area is 109 Å². The lowest BCUT2D eigenvalue weighted by molar-refractivity contribution is -0.387. The number of aromatic nitrogens is 2. The number of nitro groups is 1. The molecule has 0 spiro atoms. The van der Waals surface area contributed by atoms with Crippen LogP contribution in [0.2, 0.25) is 0 Å². The van der Waals surface area contributed by atoms with Crippen molar-refractivity contribution in [3.63, 3.8) is 0 Å². The summed E-state index contributed by atoms with van der Waals surface area (Å²) in [6, 6.07) is 0. The summed E-state index contributed by atoms with van der Waals surface area (Å²) < 4.78 is 4.91. The van der Waals surface area contributed by atoms with Crippen molar-refractivity contribution in [3.8, 4) is 0 Å². The lowest BCUT2D eigenvalue weighted by Crippen LogP contribution is -2.07. The zero-order valence-corrected chi connectivity index (χ0v) is 11.2. The Bertz CT molecular complexity index is 403. The van der Waals surface area contributed by atoms with Gasteiger partial charge in [0.25, 0.3) is 0 Å². The van der Waals surface area contributed by atoms with Crippen molar-refractivity contribution < 1.29 is 9.66 Å². The van der Waals surface area contributed by atoms with Gasteiger partial charge in [-0.25, -0.2) is 9.97 Å². The second-order valence-corrected chi connectivity index (χ2v) is 4.48. The molecule has 18 heavy (non-hydrogen) atoms. The van der Waals surface area contributed by atoms with Gasteiger partial charge in [0.1, 0.15) is 6.33 Å². The van der Waals surface area contributed by atoms with Crippen LogP contribution in [0.15, 0.2) is 11.4 Å². The van der Waals surface area contributed by atoms with Crippen LogP contribution in [0, 0.1) is 10.1 Å². The molecule has 1 aromatic heterocycles. The van der Waals surface area contributed by atoms with E-state index >= 15 is 0 Å². The summed E-state index contributed by atoms with van der Waals surface area (Å²) >= 11 is 1.29. The van der Waals surface area contributed by atoms with E-state index in [0.29, 0.717) is 23.9 Å². The van der Waals surface area contributed by atoms with Gasteiger partial charge in [-0.05, 0) is 6.42 Å². The standard InChI is InChI=1S/C10H16N4O3S/c1-3-4-11-9-8(14(15)16)10(13-7-12-9)18-6-5-17-2/h7H,3-6H2,1-2H3,(H,11,12,13). The SMILES string of the molecule is CCCNc1ncnc(SCCOC)c1[N+](=O)[O-]. The van der Waals surface area contributed by atoms with Gasteiger partial charge in [-0.15, -0.1) is 0 Å². The van der Waals surface area contributed by atoms with Crippen LogP contribution in [-0.4, -0.2) is 40.9 Å². The third kappa shape index (κ3) is 4.11. The highest BCUT2D eigenvalue weighted by atomic mass is 32.2. The van der Waals surface area contributed by atoms with Gasteiger partial charge in [0.15, 0.2) is 5.03 Å². The van der Waals surface area contributed by atoms with E-state index in [9.17, 15) is 10.1 Å². The Morgan fingerprint density at radius 3 is 2.94 bits per heavy atom. The molecule has 7 nitrogen and oxygen atoms in total. The molecule has 0 radical (unpaired) electrons. The number of thioether (sulfide) groups is 1. The summed E-state index contributed by atoms with van der Waals surface area (Å²) in [7, 11) is 1.59. The predicted octanol–water partition coefficient (Wildman–Crippen LogP) is 1.95. The maximum absolute atomic E-state index is 11.1. The first-order chi connectivity index (χ1) is 8.70. The minimum absolute atomic E-state index is 0.0629. The average Bonchev–Trinajstić information content (AvgIpc) is 2.36. The number of ether oxygens (including phenoxy) is 1. The fraction of sp³-hybridized carbons (Fsp3) is 0.600. The summed E-state index contributed by atoms with van der Waals surface area (Å²) in [4.78, 5) is 18.5. The first-order valence-electron chi connectivity index (χ1n) is 5.55. The van der Waals surface area contributed by atoms with Crippen LogP contribution in [0.4, 0.5) is 11.5 Å². The molecular formula is C10H16N4O3S. The van der Waals surface area contributed by atoms with Crippen molar-refractivity contribution in [2.24, 2.45) is 0 Å². The first-order valence-corrected chi connectivity index (χ1v) is 6.54. The molecule has 0 atom stereocenters. The van der Waals surface area contributed by atoms with Gasteiger partial charge in [0.05, 0.1) is 11.5 Å². The van der Waals surface area contributed by atoms with Crippen LogP contribution in [-0.2, 0) is 4.74 Å². The molecule has 1 N–H and O–H groups in total. The Hall–Kier alpha value is -1.41. The van der Waals surface area contributed by atoms with Crippen LogP contribution in [0.5, 0.6) is 0 Å². The molecule has 100 valence electrons. The van der Waals surface area contributed by atoms with Gasteiger partial charge in [0, 0.05) is 19.4 Å². The third-order valence-electron chi connectivity index (χ3n) is 2.04. The Morgan fingerprint density at radius 1 is 1.56 bits per heavy atom. The summed E-state index contributed by atoms with van der Waals surface area (Å²) in [6.45, 7) is 3.14. The zero-order chi connectivity index (χ0) is 13.4. The fourth-order valence-corrected chi connectivity index (χ4v) is 2.10. The Balaban J connectivity index is 2.90. The molecule has 0 amide bonds. The molecule has 1 rings (SSSR count). The highest BCUT2D eigenvalue weighted by Gasteiger charge is 2.22. The second kappa shape index (κ2) is 7.83. The molecule has 0 saturated carbocycles. The smallest absolute Gasteiger partial charge is 0.343 e. The van der Waals surface area contributed by atoms with Gasteiger partial charge >= 0.3 is 5.69 Å². The van der Waals surface area contributed by atoms with Gasteiger partial charge in [-0.3, -0.25) is 10.1 Å². The van der Waals surface area contributed by atoms with E-state index in [-0.39, 0.29) is 11.5 Å². The topological polar surface area (TPSA) is 90.2 Å². The minimum atomic E-state index is -0.451. The molecule has 0 bridgehead atoms. The average molecular weight is 272 g/mol. The molecule has 0 aromatic carbocycles. The van der Waals surface area contributed by atoms with Gasteiger partial charge in [0.2, 0.25) is 5.82 Å². The van der Waals surface area contributed by atoms with E-state index in [2.05, 4.69) is 15.3 Å². The number of nitrogens with one attached hydrogen (secondary N) is 1. The van der Waals surface area contributed by atoms with Crippen LogP contribution < -0.4 is 5.32 Å². The number of nitrogens with zero attached hydrogens (tertiary/aromatic N) is 3. The van der Waals surface area contributed by atoms with Crippen LogP contribution in [0.25, 0.3) is 0 Å². The molecule has 8 heteroatoms. The van der Waals surface area contributed by atoms with Gasteiger partial charge in [-0.1, -0.05) is 18.7 Å². The normalized spacial score (nSPS) is 10.3. The molecule has 0 aliphatic rings. The summed E-state index contributed by atoms with van der Waals surface area (Å²) in [5, 5.41) is 14.4. The molecule has 1 heterocycles. The first kappa shape index (κ1) is 14.7. The van der Waals surface area contributed by atoms with E-state index in [1.807, 2.05) is 6.92 Å². The van der Waals surface area contributed by atoms with E-state index in [0.717, 1.165) is 6.42 Å². The molecule has 0 aliphatic heterocycles. The van der Waals surface area contributed by atoms with Crippen molar-refractivity contribution in [3.05, 3.63) is 16.4 Å². The molecule has 0 saturated heterocycles. The summed E-state index contributed by atoms with van der Waals surface area (Å²) in [5.74, 6) is 0.887. The Morgan fingerprint density at radius 2 is 2.33 bits per heavy atom.